The SMILES string of the molecule is CCn1nc(C)c(CCNC(=O)Nc2ccc(C)c(F)c2)c1C. The van der Waals surface area contributed by atoms with Gasteiger partial charge in [-0.1, -0.05) is 6.07 Å². The van der Waals surface area contributed by atoms with Gasteiger partial charge in [-0.3, -0.25) is 4.68 Å². The van der Waals surface area contributed by atoms with Crippen molar-refractivity contribution in [3.63, 3.8) is 0 Å². The van der Waals surface area contributed by atoms with Crippen LogP contribution >= 0.6 is 0 Å². The second-order valence-corrected chi connectivity index (χ2v) is 5.56. The van der Waals surface area contributed by atoms with Crippen LogP contribution in [0, 0.1) is 26.6 Å². The highest BCUT2D eigenvalue weighted by Crippen LogP contribution is 2.14. The lowest BCUT2D eigenvalue weighted by Crippen LogP contribution is -2.30. The zero-order chi connectivity index (χ0) is 17.0. The topological polar surface area (TPSA) is 59.0 Å². The summed E-state index contributed by atoms with van der Waals surface area (Å²) in [5.41, 5.74) is 4.28. The molecule has 2 amide bonds. The molecule has 2 N–H and O–H groups in total. The molecule has 1 heterocycles. The maximum absolute atomic E-state index is 13.4. The molecule has 124 valence electrons. The molecule has 23 heavy (non-hydrogen) atoms. The zero-order valence-electron chi connectivity index (χ0n) is 14.0. The summed E-state index contributed by atoms with van der Waals surface area (Å²) in [4.78, 5) is 11.9. The van der Waals surface area contributed by atoms with Crippen LogP contribution in [0.4, 0.5) is 14.9 Å². The first-order valence-electron chi connectivity index (χ1n) is 7.76. The van der Waals surface area contributed by atoms with Crippen molar-refractivity contribution < 1.29 is 9.18 Å². The maximum atomic E-state index is 13.4. The third-order valence-electron chi connectivity index (χ3n) is 3.92. The van der Waals surface area contributed by atoms with Crippen molar-refractivity contribution in [2.45, 2.75) is 40.7 Å². The molecular weight excluding hydrogens is 295 g/mol. The number of carbonyl (C=O) groups excluding carboxylic acids is 1. The Morgan fingerprint density at radius 3 is 2.65 bits per heavy atom. The minimum Gasteiger partial charge on any atom is -0.338 e. The van der Waals surface area contributed by atoms with Gasteiger partial charge in [0.25, 0.3) is 0 Å². The Hall–Kier alpha value is -2.37. The van der Waals surface area contributed by atoms with Crippen LogP contribution in [0.5, 0.6) is 0 Å². The number of rotatable bonds is 5. The third kappa shape index (κ3) is 4.09. The van der Waals surface area contributed by atoms with Crippen LogP contribution in [-0.2, 0) is 13.0 Å². The summed E-state index contributed by atoms with van der Waals surface area (Å²) >= 11 is 0. The van der Waals surface area contributed by atoms with Gasteiger partial charge < -0.3 is 10.6 Å². The molecule has 0 unspecified atom stereocenters. The van der Waals surface area contributed by atoms with Crippen LogP contribution in [0.2, 0.25) is 0 Å². The summed E-state index contributed by atoms with van der Waals surface area (Å²) in [6, 6.07) is 4.29. The highest BCUT2D eigenvalue weighted by atomic mass is 19.1. The molecule has 0 spiro atoms. The molecule has 1 aromatic carbocycles. The van der Waals surface area contributed by atoms with Gasteiger partial charge in [0.05, 0.1) is 5.69 Å². The van der Waals surface area contributed by atoms with Crippen LogP contribution in [0.15, 0.2) is 18.2 Å². The molecule has 0 fully saturated rings. The van der Waals surface area contributed by atoms with E-state index in [-0.39, 0.29) is 11.8 Å². The van der Waals surface area contributed by atoms with Gasteiger partial charge in [-0.15, -0.1) is 0 Å². The van der Waals surface area contributed by atoms with Crippen molar-refractivity contribution in [2.24, 2.45) is 0 Å². The predicted octanol–water partition coefficient (Wildman–Crippen LogP) is 3.33. The van der Waals surface area contributed by atoms with E-state index in [1.807, 2.05) is 18.5 Å². The largest absolute Gasteiger partial charge is 0.338 e. The highest BCUT2D eigenvalue weighted by Gasteiger charge is 2.11. The summed E-state index contributed by atoms with van der Waals surface area (Å²) < 4.78 is 15.4. The van der Waals surface area contributed by atoms with E-state index in [9.17, 15) is 9.18 Å². The molecule has 0 aliphatic carbocycles. The zero-order valence-corrected chi connectivity index (χ0v) is 14.0. The van der Waals surface area contributed by atoms with Crippen molar-refractivity contribution in [3.8, 4) is 0 Å². The molecule has 0 atom stereocenters. The molecule has 2 rings (SSSR count). The van der Waals surface area contributed by atoms with Crippen LogP contribution in [-0.4, -0.2) is 22.4 Å². The lowest BCUT2D eigenvalue weighted by Gasteiger charge is -2.09. The summed E-state index contributed by atoms with van der Waals surface area (Å²) in [7, 11) is 0. The van der Waals surface area contributed by atoms with Crippen molar-refractivity contribution >= 4 is 11.7 Å². The first kappa shape index (κ1) is 17.0. The Balaban J connectivity index is 1.87. The van der Waals surface area contributed by atoms with Gasteiger partial charge in [0.1, 0.15) is 5.82 Å². The minimum atomic E-state index is -0.341. The van der Waals surface area contributed by atoms with E-state index >= 15 is 0 Å². The number of halogens is 1. The smallest absolute Gasteiger partial charge is 0.319 e. The van der Waals surface area contributed by atoms with Crippen molar-refractivity contribution in [1.29, 1.82) is 0 Å². The maximum Gasteiger partial charge on any atom is 0.319 e. The Kier molecular flexibility index (Phi) is 5.36. The summed E-state index contributed by atoms with van der Waals surface area (Å²) in [5.74, 6) is -0.332. The van der Waals surface area contributed by atoms with Gasteiger partial charge >= 0.3 is 6.03 Å². The Labute approximate surface area is 135 Å². The van der Waals surface area contributed by atoms with Gasteiger partial charge in [-0.25, -0.2) is 9.18 Å². The fourth-order valence-electron chi connectivity index (χ4n) is 2.55. The Bertz CT molecular complexity index is 709. The average Bonchev–Trinajstić information content (AvgIpc) is 2.78. The number of aromatic nitrogens is 2. The van der Waals surface area contributed by atoms with Crippen molar-refractivity contribution in [3.05, 3.63) is 46.5 Å². The third-order valence-corrected chi connectivity index (χ3v) is 3.92. The van der Waals surface area contributed by atoms with Crippen molar-refractivity contribution in [2.75, 3.05) is 11.9 Å². The van der Waals surface area contributed by atoms with Crippen LogP contribution in [0.3, 0.4) is 0 Å². The lowest BCUT2D eigenvalue weighted by molar-refractivity contribution is 0.252. The second-order valence-electron chi connectivity index (χ2n) is 5.56. The molecule has 0 radical (unpaired) electrons. The van der Waals surface area contributed by atoms with Gasteiger partial charge in [-0.2, -0.15) is 5.10 Å². The minimum absolute atomic E-state index is 0.332. The Morgan fingerprint density at radius 1 is 1.30 bits per heavy atom. The van der Waals surface area contributed by atoms with E-state index in [1.165, 1.54) is 6.07 Å². The van der Waals surface area contributed by atoms with Crippen LogP contribution < -0.4 is 10.6 Å². The normalized spacial score (nSPS) is 10.7. The molecule has 6 heteroatoms. The molecule has 5 nitrogen and oxygen atoms in total. The van der Waals surface area contributed by atoms with Gasteiger partial charge in [-0.05, 0) is 57.4 Å². The second kappa shape index (κ2) is 7.26. The number of benzene rings is 1. The van der Waals surface area contributed by atoms with Crippen molar-refractivity contribution in [1.82, 2.24) is 15.1 Å². The first-order chi connectivity index (χ1) is 10.9. The van der Waals surface area contributed by atoms with Crippen LogP contribution in [0.1, 0.15) is 29.4 Å². The van der Waals surface area contributed by atoms with E-state index in [0.29, 0.717) is 24.2 Å². The number of nitrogens with one attached hydrogen (secondary N) is 2. The predicted molar refractivity (Wildman–Crippen MR) is 89.2 cm³/mol. The van der Waals surface area contributed by atoms with E-state index in [4.69, 9.17) is 0 Å². The highest BCUT2D eigenvalue weighted by molar-refractivity contribution is 5.89. The molecular formula is C17H23FN4O. The summed E-state index contributed by atoms with van der Waals surface area (Å²) in [6.07, 6.45) is 0.716. The molecule has 0 aliphatic rings. The summed E-state index contributed by atoms with van der Waals surface area (Å²) in [6.45, 7) is 9.07. The molecule has 0 saturated heterocycles. The van der Waals surface area contributed by atoms with Gasteiger partial charge in [0, 0.05) is 24.5 Å². The molecule has 1 aromatic heterocycles. The number of aryl methyl sites for hydroxylation is 3. The number of nitrogens with zero attached hydrogens (tertiary/aromatic N) is 2. The lowest BCUT2D eigenvalue weighted by atomic mass is 10.1. The monoisotopic (exact) mass is 318 g/mol. The van der Waals surface area contributed by atoms with Crippen LogP contribution in [0.25, 0.3) is 0 Å². The molecule has 0 aliphatic heterocycles. The van der Waals surface area contributed by atoms with E-state index in [0.717, 1.165) is 23.5 Å². The average molecular weight is 318 g/mol. The number of anilines is 1. The number of amides is 2. The van der Waals surface area contributed by atoms with Gasteiger partial charge in [0.15, 0.2) is 0 Å². The quantitative estimate of drug-likeness (QED) is 0.888. The number of hydrogen-bond acceptors (Lipinski definition) is 2. The summed E-state index contributed by atoms with van der Waals surface area (Å²) in [5, 5.41) is 9.88. The Morgan fingerprint density at radius 2 is 2.04 bits per heavy atom. The first-order valence-corrected chi connectivity index (χ1v) is 7.76. The van der Waals surface area contributed by atoms with E-state index < -0.39 is 0 Å². The fourth-order valence-corrected chi connectivity index (χ4v) is 2.55. The number of carbonyl (C=O) groups is 1. The number of hydrogen-bond donors (Lipinski definition) is 2. The van der Waals surface area contributed by atoms with E-state index in [1.54, 1.807) is 19.1 Å². The molecule has 0 bridgehead atoms. The fraction of sp³-hybridized carbons (Fsp3) is 0.412. The molecule has 2 aromatic rings. The molecule has 0 saturated carbocycles. The van der Waals surface area contributed by atoms with E-state index in [2.05, 4.69) is 22.7 Å². The standard InChI is InChI=1S/C17H23FN4O/c1-5-22-13(4)15(12(3)21-22)8-9-19-17(23)20-14-7-6-11(2)16(18)10-14/h6-7,10H,5,8-9H2,1-4H3,(H2,19,20,23). The number of urea groups is 1. The van der Waals surface area contributed by atoms with Gasteiger partial charge in [0.2, 0.25) is 0 Å².